The molecule has 0 radical (unpaired) electrons. The molecule has 6 nitrogen and oxygen atoms in total. The topological polar surface area (TPSA) is 79.9 Å². The van der Waals surface area contributed by atoms with Gasteiger partial charge in [-0.25, -0.2) is 0 Å². The van der Waals surface area contributed by atoms with Crippen molar-refractivity contribution in [1.29, 1.82) is 0 Å². The fourth-order valence-corrected chi connectivity index (χ4v) is 1.62. The first-order valence-electron chi connectivity index (χ1n) is 5.35. The standard InChI is InChI=1S/C9H11F3N4O2/c10-9(11,12)7-14-8(16-15-7)13-6(17)5-1-3-18-4-2-5/h5H,1-4H2,(H2,13,14,15,16,17). The molecular weight excluding hydrogens is 253 g/mol. The highest BCUT2D eigenvalue weighted by Gasteiger charge is 2.35. The summed E-state index contributed by atoms with van der Waals surface area (Å²) in [6, 6.07) is 0. The van der Waals surface area contributed by atoms with E-state index < -0.39 is 12.0 Å². The number of halogens is 3. The van der Waals surface area contributed by atoms with Crippen LogP contribution in [0.25, 0.3) is 0 Å². The lowest BCUT2D eigenvalue weighted by Gasteiger charge is -2.20. The molecule has 0 saturated carbocycles. The summed E-state index contributed by atoms with van der Waals surface area (Å²) in [7, 11) is 0. The Morgan fingerprint density at radius 1 is 1.39 bits per heavy atom. The van der Waals surface area contributed by atoms with Crippen molar-refractivity contribution >= 4 is 11.9 Å². The van der Waals surface area contributed by atoms with Crippen LogP contribution >= 0.6 is 0 Å². The summed E-state index contributed by atoms with van der Waals surface area (Å²) in [6.07, 6.45) is -3.51. The maximum Gasteiger partial charge on any atom is 0.451 e. The predicted octanol–water partition coefficient (Wildman–Crippen LogP) is 1.19. The number of aromatic nitrogens is 3. The first-order valence-corrected chi connectivity index (χ1v) is 5.35. The number of aromatic amines is 1. The van der Waals surface area contributed by atoms with Crippen molar-refractivity contribution in [3.05, 3.63) is 5.82 Å². The average molecular weight is 264 g/mol. The van der Waals surface area contributed by atoms with Crippen LogP contribution in [0, 0.1) is 5.92 Å². The number of ether oxygens (including phenoxy) is 1. The van der Waals surface area contributed by atoms with Gasteiger partial charge in [-0.3, -0.25) is 15.2 Å². The Balaban J connectivity index is 1.96. The lowest BCUT2D eigenvalue weighted by molar-refractivity contribution is -0.144. The van der Waals surface area contributed by atoms with Crippen LogP contribution in [0.15, 0.2) is 0 Å². The maximum absolute atomic E-state index is 12.2. The number of nitrogens with one attached hydrogen (secondary N) is 2. The van der Waals surface area contributed by atoms with Crippen molar-refractivity contribution in [1.82, 2.24) is 15.2 Å². The van der Waals surface area contributed by atoms with Gasteiger partial charge in [-0.15, -0.1) is 5.10 Å². The third-order valence-corrected chi connectivity index (χ3v) is 2.58. The van der Waals surface area contributed by atoms with Gasteiger partial charge in [0.05, 0.1) is 0 Å². The van der Waals surface area contributed by atoms with E-state index in [0.717, 1.165) is 0 Å². The molecule has 1 aliphatic rings. The minimum atomic E-state index is -4.60. The van der Waals surface area contributed by atoms with Gasteiger partial charge in [-0.1, -0.05) is 0 Å². The summed E-state index contributed by atoms with van der Waals surface area (Å²) in [5, 5.41) is 7.28. The van der Waals surface area contributed by atoms with Gasteiger partial charge in [0.2, 0.25) is 17.7 Å². The number of hydrogen-bond acceptors (Lipinski definition) is 4. The number of carbonyl (C=O) groups is 1. The summed E-state index contributed by atoms with van der Waals surface area (Å²) in [5.74, 6) is -2.25. The second kappa shape index (κ2) is 4.92. The second-order valence-corrected chi connectivity index (χ2v) is 3.88. The maximum atomic E-state index is 12.2. The number of carbonyl (C=O) groups excluding carboxylic acids is 1. The van der Waals surface area contributed by atoms with E-state index in [-0.39, 0.29) is 17.8 Å². The van der Waals surface area contributed by atoms with E-state index in [0.29, 0.717) is 26.1 Å². The van der Waals surface area contributed by atoms with E-state index in [1.807, 2.05) is 0 Å². The van der Waals surface area contributed by atoms with Crippen LogP contribution in [-0.2, 0) is 15.7 Å². The van der Waals surface area contributed by atoms with Crippen LogP contribution in [0.2, 0.25) is 0 Å². The molecule has 2 heterocycles. The number of alkyl halides is 3. The number of anilines is 1. The third kappa shape index (κ3) is 2.97. The Kier molecular flexibility index (Phi) is 3.50. The molecule has 1 aliphatic heterocycles. The monoisotopic (exact) mass is 264 g/mol. The molecular formula is C9H11F3N4O2. The summed E-state index contributed by atoms with van der Waals surface area (Å²) < 4.78 is 41.8. The Bertz CT molecular complexity index is 426. The zero-order chi connectivity index (χ0) is 13.2. The molecule has 1 saturated heterocycles. The molecule has 100 valence electrons. The van der Waals surface area contributed by atoms with Gasteiger partial charge in [-0.05, 0) is 12.8 Å². The van der Waals surface area contributed by atoms with E-state index in [9.17, 15) is 18.0 Å². The summed E-state index contributed by atoms with van der Waals surface area (Å²) >= 11 is 0. The first kappa shape index (κ1) is 12.8. The smallest absolute Gasteiger partial charge is 0.381 e. The number of H-pyrrole nitrogens is 1. The lowest BCUT2D eigenvalue weighted by Crippen LogP contribution is -2.28. The number of nitrogens with zero attached hydrogens (tertiary/aromatic N) is 2. The number of hydrogen-bond donors (Lipinski definition) is 2. The molecule has 1 fully saturated rings. The number of amides is 1. The van der Waals surface area contributed by atoms with Gasteiger partial charge in [0.15, 0.2) is 0 Å². The highest BCUT2D eigenvalue weighted by Crippen LogP contribution is 2.26. The summed E-state index contributed by atoms with van der Waals surface area (Å²) in [5.41, 5.74) is 0. The van der Waals surface area contributed by atoms with E-state index in [4.69, 9.17) is 4.74 Å². The van der Waals surface area contributed by atoms with Gasteiger partial charge in [-0.2, -0.15) is 18.2 Å². The zero-order valence-electron chi connectivity index (χ0n) is 9.25. The molecule has 0 bridgehead atoms. The molecule has 1 aromatic rings. The molecule has 2 rings (SSSR count). The fraction of sp³-hybridized carbons (Fsp3) is 0.667. The van der Waals surface area contributed by atoms with Crippen LogP contribution in [-0.4, -0.2) is 34.3 Å². The van der Waals surface area contributed by atoms with Gasteiger partial charge in [0.1, 0.15) is 0 Å². The van der Waals surface area contributed by atoms with Gasteiger partial charge in [0.25, 0.3) is 0 Å². The normalized spacial score (nSPS) is 17.7. The predicted molar refractivity (Wildman–Crippen MR) is 53.6 cm³/mol. The molecule has 18 heavy (non-hydrogen) atoms. The van der Waals surface area contributed by atoms with E-state index in [1.54, 1.807) is 5.10 Å². The molecule has 0 aliphatic carbocycles. The van der Waals surface area contributed by atoms with Gasteiger partial charge in [0, 0.05) is 19.1 Å². The summed E-state index contributed by atoms with van der Waals surface area (Å²) in [4.78, 5) is 14.8. The highest BCUT2D eigenvalue weighted by molar-refractivity contribution is 5.90. The first-order chi connectivity index (χ1) is 8.47. The SMILES string of the molecule is O=C(Nc1n[nH]c(C(F)(F)F)n1)C1CCOCC1. The fourth-order valence-electron chi connectivity index (χ4n) is 1.62. The zero-order valence-corrected chi connectivity index (χ0v) is 9.25. The third-order valence-electron chi connectivity index (χ3n) is 2.58. The van der Waals surface area contributed by atoms with E-state index in [1.165, 1.54) is 0 Å². The van der Waals surface area contributed by atoms with Crippen molar-refractivity contribution < 1.29 is 22.7 Å². The lowest BCUT2D eigenvalue weighted by atomic mass is 10.00. The Morgan fingerprint density at radius 3 is 2.61 bits per heavy atom. The van der Waals surface area contributed by atoms with Crippen molar-refractivity contribution in [2.45, 2.75) is 19.0 Å². The molecule has 1 aromatic heterocycles. The number of rotatable bonds is 2. The quantitative estimate of drug-likeness (QED) is 0.840. The average Bonchev–Trinajstić information content (AvgIpc) is 2.78. The Morgan fingerprint density at radius 2 is 2.06 bits per heavy atom. The van der Waals surface area contributed by atoms with Gasteiger partial charge >= 0.3 is 6.18 Å². The molecule has 0 aromatic carbocycles. The second-order valence-electron chi connectivity index (χ2n) is 3.88. The minimum Gasteiger partial charge on any atom is -0.381 e. The van der Waals surface area contributed by atoms with Crippen LogP contribution in [0.5, 0.6) is 0 Å². The minimum absolute atomic E-state index is 0.272. The molecule has 2 N–H and O–H groups in total. The van der Waals surface area contributed by atoms with Crippen LogP contribution < -0.4 is 5.32 Å². The largest absolute Gasteiger partial charge is 0.451 e. The highest BCUT2D eigenvalue weighted by atomic mass is 19.4. The van der Waals surface area contributed by atoms with Crippen molar-refractivity contribution in [2.75, 3.05) is 18.5 Å². The Hall–Kier alpha value is -1.64. The summed E-state index contributed by atoms with van der Waals surface area (Å²) in [6.45, 7) is 0.944. The van der Waals surface area contributed by atoms with E-state index >= 15 is 0 Å². The van der Waals surface area contributed by atoms with Crippen LogP contribution in [0.1, 0.15) is 18.7 Å². The molecule has 0 unspecified atom stereocenters. The molecule has 0 atom stereocenters. The molecule has 9 heteroatoms. The van der Waals surface area contributed by atoms with Gasteiger partial charge < -0.3 is 4.74 Å². The van der Waals surface area contributed by atoms with Crippen molar-refractivity contribution in [3.8, 4) is 0 Å². The molecule has 0 spiro atoms. The Labute approximate surface area is 99.9 Å². The van der Waals surface area contributed by atoms with E-state index in [2.05, 4.69) is 15.4 Å². The van der Waals surface area contributed by atoms with Crippen LogP contribution in [0.3, 0.4) is 0 Å². The van der Waals surface area contributed by atoms with Crippen molar-refractivity contribution in [2.24, 2.45) is 5.92 Å². The van der Waals surface area contributed by atoms with Crippen LogP contribution in [0.4, 0.5) is 19.1 Å². The van der Waals surface area contributed by atoms with Crippen molar-refractivity contribution in [3.63, 3.8) is 0 Å². The molecule has 1 amide bonds.